The number of hydrogen-bond acceptors (Lipinski definition) is 4. The zero-order valence-corrected chi connectivity index (χ0v) is 17.4. The third-order valence-corrected chi connectivity index (χ3v) is 6.75. The highest BCUT2D eigenvalue weighted by Gasteiger charge is 2.33. The number of benzene rings is 1. The second-order valence-electron chi connectivity index (χ2n) is 8.80. The highest BCUT2D eigenvalue weighted by Crippen LogP contribution is 2.34. The van der Waals surface area contributed by atoms with E-state index in [2.05, 4.69) is 17.0 Å². The molecule has 2 aliphatic heterocycles. The molecule has 1 unspecified atom stereocenters. The number of piperidine rings is 2. The van der Waals surface area contributed by atoms with Gasteiger partial charge in [0.25, 0.3) is 0 Å². The first-order valence-electron chi connectivity index (χ1n) is 11.3. The van der Waals surface area contributed by atoms with Gasteiger partial charge in [0, 0.05) is 43.0 Å². The number of amides is 1. The van der Waals surface area contributed by atoms with Crippen molar-refractivity contribution in [3.63, 3.8) is 0 Å². The molecule has 2 aromatic rings. The van der Waals surface area contributed by atoms with Crippen LogP contribution in [0.4, 0.5) is 10.2 Å². The van der Waals surface area contributed by atoms with E-state index in [1.807, 2.05) is 23.1 Å². The summed E-state index contributed by atoms with van der Waals surface area (Å²) in [7, 11) is 0. The highest BCUT2D eigenvalue weighted by atomic mass is 19.1. The van der Waals surface area contributed by atoms with Crippen molar-refractivity contribution in [1.29, 1.82) is 0 Å². The molecule has 1 atom stereocenters. The molecule has 158 valence electrons. The standard InChI is InChI=1S/C24H29FN4O/c25-19-11-14-28(15-12-19)24(30)18-8-5-13-29(16-18)23-20-9-4-10-21(20)26-22(27-23)17-6-2-1-3-7-17/h1-3,6-7,18-19H,4-5,8-16H2. The minimum atomic E-state index is -0.753. The van der Waals surface area contributed by atoms with Crippen LogP contribution >= 0.6 is 0 Å². The lowest BCUT2D eigenvalue weighted by Gasteiger charge is -2.37. The van der Waals surface area contributed by atoms with Crippen LogP contribution in [-0.4, -0.2) is 53.1 Å². The maximum Gasteiger partial charge on any atom is 0.227 e. The molecule has 2 fully saturated rings. The van der Waals surface area contributed by atoms with Gasteiger partial charge in [-0.2, -0.15) is 0 Å². The van der Waals surface area contributed by atoms with E-state index in [4.69, 9.17) is 9.97 Å². The molecule has 1 amide bonds. The van der Waals surface area contributed by atoms with Gasteiger partial charge in [0.1, 0.15) is 12.0 Å². The normalized spacial score (nSPS) is 22.2. The van der Waals surface area contributed by atoms with Crippen LogP contribution in [0.2, 0.25) is 0 Å². The maximum atomic E-state index is 13.5. The van der Waals surface area contributed by atoms with Crippen molar-refractivity contribution >= 4 is 11.7 Å². The molecule has 3 aliphatic rings. The van der Waals surface area contributed by atoms with E-state index in [9.17, 15) is 9.18 Å². The Morgan fingerprint density at radius 2 is 1.77 bits per heavy atom. The summed E-state index contributed by atoms with van der Waals surface area (Å²) in [5.41, 5.74) is 3.46. The third kappa shape index (κ3) is 3.80. The number of aromatic nitrogens is 2. The monoisotopic (exact) mass is 408 g/mol. The van der Waals surface area contributed by atoms with Gasteiger partial charge in [0.05, 0.1) is 5.92 Å². The van der Waals surface area contributed by atoms with E-state index in [0.29, 0.717) is 32.5 Å². The highest BCUT2D eigenvalue weighted by molar-refractivity contribution is 5.80. The van der Waals surface area contributed by atoms with Crippen molar-refractivity contribution in [1.82, 2.24) is 14.9 Å². The minimum Gasteiger partial charge on any atom is -0.355 e. The van der Waals surface area contributed by atoms with Crippen LogP contribution < -0.4 is 4.90 Å². The summed E-state index contributed by atoms with van der Waals surface area (Å²) >= 11 is 0. The molecule has 2 saturated heterocycles. The fraction of sp³-hybridized carbons (Fsp3) is 0.542. The lowest BCUT2D eigenvalue weighted by molar-refractivity contribution is -0.137. The molecule has 30 heavy (non-hydrogen) atoms. The number of alkyl halides is 1. The van der Waals surface area contributed by atoms with E-state index in [1.54, 1.807) is 0 Å². The number of aryl methyl sites for hydroxylation is 1. The molecule has 1 aromatic heterocycles. The summed E-state index contributed by atoms with van der Waals surface area (Å²) in [4.78, 5) is 27.2. The number of likely N-dealkylation sites (tertiary alicyclic amines) is 1. The van der Waals surface area contributed by atoms with Crippen LogP contribution in [0.3, 0.4) is 0 Å². The molecular weight excluding hydrogens is 379 g/mol. The largest absolute Gasteiger partial charge is 0.355 e. The Balaban J connectivity index is 1.40. The number of fused-ring (bicyclic) bond motifs is 1. The van der Waals surface area contributed by atoms with Gasteiger partial charge in [-0.15, -0.1) is 0 Å². The Kier molecular flexibility index (Phi) is 5.40. The summed E-state index contributed by atoms with van der Waals surface area (Å²) in [6.45, 7) is 2.73. The summed E-state index contributed by atoms with van der Waals surface area (Å²) in [6.07, 6.45) is 5.21. The lowest BCUT2D eigenvalue weighted by atomic mass is 9.95. The van der Waals surface area contributed by atoms with Crippen LogP contribution in [0, 0.1) is 5.92 Å². The number of carbonyl (C=O) groups is 1. The topological polar surface area (TPSA) is 49.3 Å². The number of halogens is 1. The van der Waals surface area contributed by atoms with Crippen molar-refractivity contribution in [3.05, 3.63) is 41.6 Å². The zero-order valence-electron chi connectivity index (χ0n) is 17.4. The van der Waals surface area contributed by atoms with Crippen LogP contribution in [0.25, 0.3) is 11.4 Å². The van der Waals surface area contributed by atoms with Gasteiger partial charge in [-0.25, -0.2) is 14.4 Å². The van der Waals surface area contributed by atoms with Crippen molar-refractivity contribution in [2.24, 2.45) is 5.92 Å². The lowest BCUT2D eigenvalue weighted by Crippen LogP contribution is -2.48. The molecule has 5 rings (SSSR count). The smallest absolute Gasteiger partial charge is 0.227 e. The molecule has 0 spiro atoms. The summed E-state index contributed by atoms with van der Waals surface area (Å²) in [5.74, 6) is 1.98. The van der Waals surface area contributed by atoms with E-state index in [0.717, 1.165) is 61.5 Å². The summed E-state index contributed by atoms with van der Waals surface area (Å²) in [5, 5.41) is 0. The van der Waals surface area contributed by atoms with Crippen LogP contribution in [0.15, 0.2) is 30.3 Å². The van der Waals surface area contributed by atoms with Gasteiger partial charge in [0.2, 0.25) is 5.91 Å². The molecule has 1 aromatic carbocycles. The molecule has 1 aliphatic carbocycles. The van der Waals surface area contributed by atoms with Crippen LogP contribution in [0.1, 0.15) is 43.4 Å². The molecular formula is C24H29FN4O. The van der Waals surface area contributed by atoms with Crippen LogP contribution in [0.5, 0.6) is 0 Å². The Labute approximate surface area is 177 Å². The van der Waals surface area contributed by atoms with Gasteiger partial charge in [-0.1, -0.05) is 30.3 Å². The van der Waals surface area contributed by atoms with E-state index >= 15 is 0 Å². The van der Waals surface area contributed by atoms with Gasteiger partial charge >= 0.3 is 0 Å². The fourth-order valence-corrected chi connectivity index (χ4v) is 5.09. The molecule has 5 nitrogen and oxygen atoms in total. The quantitative estimate of drug-likeness (QED) is 0.775. The molecule has 0 radical (unpaired) electrons. The minimum absolute atomic E-state index is 0.0258. The predicted octanol–water partition coefficient (Wildman–Crippen LogP) is 3.81. The number of rotatable bonds is 3. The molecule has 3 heterocycles. The Morgan fingerprint density at radius 3 is 2.57 bits per heavy atom. The average molecular weight is 409 g/mol. The van der Waals surface area contributed by atoms with Crippen molar-refractivity contribution in [2.75, 3.05) is 31.1 Å². The number of carbonyl (C=O) groups excluding carboxylic acids is 1. The number of hydrogen-bond donors (Lipinski definition) is 0. The zero-order chi connectivity index (χ0) is 20.5. The summed E-state index contributed by atoms with van der Waals surface area (Å²) in [6, 6.07) is 10.1. The third-order valence-electron chi connectivity index (χ3n) is 6.75. The maximum absolute atomic E-state index is 13.5. The van der Waals surface area contributed by atoms with Gasteiger partial charge in [-0.3, -0.25) is 4.79 Å². The van der Waals surface area contributed by atoms with Gasteiger partial charge < -0.3 is 9.80 Å². The molecule has 6 heteroatoms. The van der Waals surface area contributed by atoms with Gasteiger partial charge in [-0.05, 0) is 44.9 Å². The van der Waals surface area contributed by atoms with Gasteiger partial charge in [0.15, 0.2) is 5.82 Å². The van der Waals surface area contributed by atoms with Crippen LogP contribution in [-0.2, 0) is 17.6 Å². The van der Waals surface area contributed by atoms with Crippen molar-refractivity contribution in [3.8, 4) is 11.4 Å². The number of nitrogens with zero attached hydrogens (tertiary/aromatic N) is 4. The van der Waals surface area contributed by atoms with Crippen molar-refractivity contribution < 1.29 is 9.18 Å². The van der Waals surface area contributed by atoms with E-state index in [-0.39, 0.29) is 11.8 Å². The fourth-order valence-electron chi connectivity index (χ4n) is 5.09. The summed E-state index contributed by atoms with van der Waals surface area (Å²) < 4.78 is 13.5. The van der Waals surface area contributed by atoms with Crippen molar-refractivity contribution in [2.45, 2.75) is 51.1 Å². The number of anilines is 1. The Bertz CT molecular complexity index is 911. The predicted molar refractivity (Wildman–Crippen MR) is 115 cm³/mol. The first-order valence-corrected chi connectivity index (χ1v) is 11.3. The second-order valence-corrected chi connectivity index (χ2v) is 8.80. The molecule has 0 saturated carbocycles. The molecule has 0 N–H and O–H groups in total. The average Bonchev–Trinajstić information content (AvgIpc) is 3.28. The SMILES string of the molecule is O=C(C1CCCN(c2nc(-c3ccccc3)nc3c2CCC3)C1)N1CCC(F)CC1. The first kappa shape index (κ1) is 19.5. The Morgan fingerprint density at radius 1 is 0.967 bits per heavy atom. The molecule has 0 bridgehead atoms. The second kappa shape index (κ2) is 8.32. The van der Waals surface area contributed by atoms with E-state index < -0.39 is 6.17 Å². The van der Waals surface area contributed by atoms with E-state index in [1.165, 1.54) is 5.56 Å². The first-order chi connectivity index (χ1) is 14.7. The Hall–Kier alpha value is -2.50.